The molecule has 0 aliphatic carbocycles. The molecule has 4 rings (SSSR count). The molecule has 136 valence electrons. The monoisotopic (exact) mass is 360 g/mol. The molecular formula is C20H20N6O. The van der Waals surface area contributed by atoms with Crippen LogP contribution in [0.4, 0.5) is 0 Å². The predicted octanol–water partition coefficient (Wildman–Crippen LogP) is 0.830. The van der Waals surface area contributed by atoms with Gasteiger partial charge in [0.1, 0.15) is 6.33 Å². The first kappa shape index (κ1) is 17.2. The van der Waals surface area contributed by atoms with Crippen LogP contribution >= 0.6 is 0 Å². The van der Waals surface area contributed by atoms with E-state index < -0.39 is 0 Å². The molecule has 1 aliphatic heterocycles. The second-order valence-corrected chi connectivity index (χ2v) is 6.62. The molecular weight excluding hydrogens is 340 g/mol. The molecule has 0 spiro atoms. The number of rotatable bonds is 3. The van der Waals surface area contributed by atoms with Gasteiger partial charge in [0.2, 0.25) is 5.82 Å². The lowest BCUT2D eigenvalue weighted by Crippen LogP contribution is -2.38. The molecule has 2 aromatic heterocycles. The normalized spacial score (nSPS) is 13.7. The molecule has 0 radical (unpaired) electrons. The van der Waals surface area contributed by atoms with Crippen molar-refractivity contribution in [2.24, 2.45) is 7.05 Å². The fraction of sp³-hybridized carbons (Fsp3) is 0.300. The maximum absolute atomic E-state index is 12.9. The van der Waals surface area contributed by atoms with E-state index in [4.69, 9.17) is 0 Å². The third-order valence-corrected chi connectivity index (χ3v) is 4.68. The van der Waals surface area contributed by atoms with E-state index in [9.17, 15) is 4.79 Å². The number of hydrogen-bond donors (Lipinski definition) is 0. The van der Waals surface area contributed by atoms with Crippen LogP contribution in [0.15, 0.2) is 47.8 Å². The predicted molar refractivity (Wildman–Crippen MR) is 101 cm³/mol. The number of nitrogens with zero attached hydrogens (tertiary/aromatic N) is 6. The molecule has 1 aromatic carbocycles. The highest BCUT2D eigenvalue weighted by atomic mass is 16.1. The Kier molecular flexibility index (Phi) is 4.81. The molecule has 0 atom stereocenters. The Morgan fingerprint density at radius 2 is 2.04 bits per heavy atom. The zero-order valence-corrected chi connectivity index (χ0v) is 15.2. The number of benzene rings is 1. The van der Waals surface area contributed by atoms with Crippen molar-refractivity contribution in [1.82, 2.24) is 29.2 Å². The quantitative estimate of drug-likeness (QED) is 0.647. The summed E-state index contributed by atoms with van der Waals surface area (Å²) in [5.74, 6) is 6.79. The van der Waals surface area contributed by atoms with Crippen molar-refractivity contribution >= 4 is 0 Å². The maximum Gasteiger partial charge on any atom is 0.258 e. The Morgan fingerprint density at radius 3 is 2.81 bits per heavy atom. The summed E-state index contributed by atoms with van der Waals surface area (Å²) >= 11 is 0. The van der Waals surface area contributed by atoms with Gasteiger partial charge in [-0.2, -0.15) is 0 Å². The largest absolute Gasteiger partial charge is 0.310 e. The first-order valence-electron chi connectivity index (χ1n) is 8.87. The molecule has 7 nitrogen and oxygen atoms in total. The Labute approximate surface area is 157 Å². The summed E-state index contributed by atoms with van der Waals surface area (Å²) in [7, 11) is 1.86. The van der Waals surface area contributed by atoms with Gasteiger partial charge in [0, 0.05) is 26.6 Å². The summed E-state index contributed by atoms with van der Waals surface area (Å²) in [4.78, 5) is 19.6. The van der Waals surface area contributed by atoms with Gasteiger partial charge in [0.05, 0.1) is 30.7 Å². The van der Waals surface area contributed by atoms with Crippen molar-refractivity contribution in [3.05, 3.63) is 76.0 Å². The van der Waals surface area contributed by atoms with Crippen molar-refractivity contribution in [2.75, 3.05) is 13.1 Å². The highest BCUT2D eigenvalue weighted by Crippen LogP contribution is 2.13. The molecule has 27 heavy (non-hydrogen) atoms. The third kappa shape index (κ3) is 3.81. The molecule has 0 bridgehead atoms. The highest BCUT2D eigenvalue weighted by molar-refractivity contribution is 5.24. The molecule has 0 unspecified atom stereocenters. The SMILES string of the molecule is Cn1cnnc1C#CCN1CCc2ncn(Cc3ccccc3)c(=O)c2C1. The summed E-state index contributed by atoms with van der Waals surface area (Å²) in [6.45, 7) is 2.53. The summed E-state index contributed by atoms with van der Waals surface area (Å²) in [6, 6.07) is 9.95. The standard InChI is InChI=1S/C20H20N6O/c1-24-15-22-23-19(24)8-5-10-25-11-9-18-17(13-25)20(27)26(14-21-18)12-16-6-3-2-4-7-16/h2-4,6-7,14-15H,9-13H2,1H3. The number of aromatic nitrogens is 5. The lowest BCUT2D eigenvalue weighted by atomic mass is 10.1. The minimum Gasteiger partial charge on any atom is -0.310 e. The third-order valence-electron chi connectivity index (χ3n) is 4.68. The average Bonchev–Trinajstić information content (AvgIpc) is 3.10. The second kappa shape index (κ2) is 7.56. The Bertz CT molecular complexity index is 1060. The van der Waals surface area contributed by atoms with E-state index in [0.29, 0.717) is 25.5 Å². The molecule has 3 aromatic rings. The van der Waals surface area contributed by atoms with E-state index in [0.717, 1.165) is 29.8 Å². The molecule has 3 heterocycles. The molecule has 0 amide bonds. The van der Waals surface area contributed by atoms with E-state index >= 15 is 0 Å². The van der Waals surface area contributed by atoms with E-state index in [1.807, 2.05) is 37.4 Å². The van der Waals surface area contributed by atoms with Gasteiger partial charge >= 0.3 is 0 Å². The molecule has 1 aliphatic rings. The van der Waals surface area contributed by atoms with Crippen LogP contribution in [0, 0.1) is 11.8 Å². The van der Waals surface area contributed by atoms with Gasteiger partial charge in [-0.15, -0.1) is 10.2 Å². The van der Waals surface area contributed by atoms with E-state index in [2.05, 4.69) is 31.9 Å². The van der Waals surface area contributed by atoms with Crippen LogP contribution in [0.1, 0.15) is 22.6 Å². The van der Waals surface area contributed by atoms with Crippen molar-refractivity contribution in [3.63, 3.8) is 0 Å². The average molecular weight is 360 g/mol. The topological polar surface area (TPSA) is 68.8 Å². The summed E-state index contributed by atoms with van der Waals surface area (Å²) in [6.07, 6.45) is 4.06. The zero-order chi connectivity index (χ0) is 18.6. The summed E-state index contributed by atoms with van der Waals surface area (Å²) in [5.41, 5.74) is 2.81. The fourth-order valence-electron chi connectivity index (χ4n) is 3.16. The van der Waals surface area contributed by atoms with Crippen LogP contribution in [-0.4, -0.2) is 42.3 Å². The van der Waals surface area contributed by atoms with E-state index in [-0.39, 0.29) is 5.56 Å². The molecule has 7 heteroatoms. The zero-order valence-electron chi connectivity index (χ0n) is 15.2. The van der Waals surface area contributed by atoms with Gasteiger partial charge in [-0.05, 0) is 11.5 Å². The number of aryl methyl sites for hydroxylation is 1. The fourth-order valence-corrected chi connectivity index (χ4v) is 3.16. The van der Waals surface area contributed by atoms with Crippen molar-refractivity contribution < 1.29 is 0 Å². The highest BCUT2D eigenvalue weighted by Gasteiger charge is 2.20. The first-order valence-corrected chi connectivity index (χ1v) is 8.87. The smallest absolute Gasteiger partial charge is 0.258 e. The Balaban J connectivity index is 1.50. The van der Waals surface area contributed by atoms with Gasteiger partial charge in [-0.3, -0.25) is 14.3 Å². The van der Waals surface area contributed by atoms with Crippen LogP contribution < -0.4 is 5.56 Å². The number of fused-ring (bicyclic) bond motifs is 1. The molecule has 0 N–H and O–H groups in total. The van der Waals surface area contributed by atoms with Gasteiger partial charge in [-0.1, -0.05) is 36.3 Å². The maximum atomic E-state index is 12.9. The van der Waals surface area contributed by atoms with E-state index in [1.54, 1.807) is 21.8 Å². The van der Waals surface area contributed by atoms with Crippen LogP contribution in [0.25, 0.3) is 0 Å². The lowest BCUT2D eigenvalue weighted by molar-refractivity contribution is 0.280. The van der Waals surface area contributed by atoms with Crippen LogP contribution in [0.2, 0.25) is 0 Å². The Hall–Kier alpha value is -3.24. The summed E-state index contributed by atoms with van der Waals surface area (Å²) < 4.78 is 3.47. The Morgan fingerprint density at radius 1 is 1.19 bits per heavy atom. The second-order valence-electron chi connectivity index (χ2n) is 6.62. The first-order chi connectivity index (χ1) is 13.2. The molecule has 0 saturated heterocycles. The van der Waals surface area contributed by atoms with Crippen molar-refractivity contribution in [1.29, 1.82) is 0 Å². The van der Waals surface area contributed by atoms with Gasteiger partial charge < -0.3 is 4.57 Å². The van der Waals surface area contributed by atoms with Crippen LogP contribution in [0.3, 0.4) is 0 Å². The minimum absolute atomic E-state index is 0.0369. The minimum atomic E-state index is 0.0369. The van der Waals surface area contributed by atoms with Crippen molar-refractivity contribution in [3.8, 4) is 11.8 Å². The molecule has 0 fully saturated rings. The van der Waals surface area contributed by atoms with Crippen LogP contribution in [-0.2, 0) is 26.6 Å². The lowest BCUT2D eigenvalue weighted by Gasteiger charge is -2.26. The molecule has 0 saturated carbocycles. The van der Waals surface area contributed by atoms with Crippen LogP contribution in [0.5, 0.6) is 0 Å². The van der Waals surface area contributed by atoms with Gasteiger partial charge in [0.25, 0.3) is 5.56 Å². The number of hydrogen-bond acceptors (Lipinski definition) is 5. The van der Waals surface area contributed by atoms with E-state index in [1.165, 1.54) is 0 Å². The van der Waals surface area contributed by atoms with Crippen molar-refractivity contribution in [2.45, 2.75) is 19.5 Å². The van der Waals surface area contributed by atoms with Gasteiger partial charge in [0.15, 0.2) is 0 Å². The summed E-state index contributed by atoms with van der Waals surface area (Å²) in [5, 5.41) is 7.77. The van der Waals surface area contributed by atoms with Gasteiger partial charge in [-0.25, -0.2) is 4.98 Å².